The number of thiophene rings is 1. The van der Waals surface area contributed by atoms with Gasteiger partial charge in [0.1, 0.15) is 0 Å². The SMILES string of the molecule is NC[C@@H]1CC1(C(=O)N1CCN(c2ccccc2)CC1)c1cccs1. The summed E-state index contributed by atoms with van der Waals surface area (Å²) in [7, 11) is 0. The number of carbonyl (C=O) groups is 1. The van der Waals surface area contributed by atoms with E-state index in [1.54, 1.807) is 11.3 Å². The number of carbonyl (C=O) groups excluding carboxylic acids is 1. The van der Waals surface area contributed by atoms with Gasteiger partial charge >= 0.3 is 0 Å². The van der Waals surface area contributed by atoms with Crippen molar-refractivity contribution in [2.24, 2.45) is 11.7 Å². The van der Waals surface area contributed by atoms with E-state index in [0.717, 1.165) is 32.6 Å². The van der Waals surface area contributed by atoms with Crippen LogP contribution < -0.4 is 10.6 Å². The van der Waals surface area contributed by atoms with Crippen molar-refractivity contribution in [2.75, 3.05) is 37.6 Å². The van der Waals surface area contributed by atoms with E-state index in [1.807, 2.05) is 12.1 Å². The van der Waals surface area contributed by atoms with Gasteiger partial charge < -0.3 is 15.5 Å². The van der Waals surface area contributed by atoms with Crippen LogP contribution >= 0.6 is 11.3 Å². The van der Waals surface area contributed by atoms with Gasteiger partial charge in [0, 0.05) is 36.7 Å². The average Bonchev–Trinajstić information content (AvgIpc) is 3.14. The number of benzene rings is 1. The first kappa shape index (κ1) is 15.7. The van der Waals surface area contributed by atoms with Crippen molar-refractivity contribution in [2.45, 2.75) is 11.8 Å². The Morgan fingerprint density at radius 2 is 1.88 bits per heavy atom. The van der Waals surface area contributed by atoms with Crippen molar-refractivity contribution in [3.8, 4) is 0 Å². The van der Waals surface area contributed by atoms with Crippen LogP contribution in [0.4, 0.5) is 5.69 Å². The van der Waals surface area contributed by atoms with Crippen LogP contribution in [0.2, 0.25) is 0 Å². The molecular formula is C19H23N3OS. The second-order valence-corrected chi connectivity index (χ2v) is 7.65. The molecule has 1 saturated carbocycles. The summed E-state index contributed by atoms with van der Waals surface area (Å²) in [4.78, 5) is 18.8. The predicted octanol–water partition coefficient (Wildman–Crippen LogP) is 2.31. The number of rotatable bonds is 4. The number of amides is 1. The number of piperazine rings is 1. The minimum Gasteiger partial charge on any atom is -0.368 e. The molecule has 5 heteroatoms. The highest BCUT2D eigenvalue weighted by Gasteiger charge is 2.62. The third-order valence-corrected chi connectivity index (χ3v) is 6.47. The first-order valence-corrected chi connectivity index (χ1v) is 9.47. The molecule has 1 unspecified atom stereocenters. The second-order valence-electron chi connectivity index (χ2n) is 6.70. The summed E-state index contributed by atoms with van der Waals surface area (Å²) in [6.07, 6.45) is 0.905. The summed E-state index contributed by atoms with van der Waals surface area (Å²) in [5, 5.41) is 2.06. The summed E-state index contributed by atoms with van der Waals surface area (Å²) in [5.74, 6) is 0.587. The lowest BCUT2D eigenvalue weighted by atomic mass is 9.98. The number of hydrogen-bond acceptors (Lipinski definition) is 4. The molecule has 1 saturated heterocycles. The number of hydrogen-bond donors (Lipinski definition) is 1. The van der Waals surface area contributed by atoms with Crippen molar-refractivity contribution in [1.29, 1.82) is 0 Å². The Balaban J connectivity index is 1.46. The summed E-state index contributed by atoms with van der Waals surface area (Å²) in [6, 6.07) is 14.6. The molecule has 0 spiro atoms. The zero-order valence-electron chi connectivity index (χ0n) is 13.7. The van der Waals surface area contributed by atoms with E-state index in [2.05, 4.69) is 45.5 Å². The number of para-hydroxylation sites is 1. The van der Waals surface area contributed by atoms with Crippen LogP contribution in [0.5, 0.6) is 0 Å². The van der Waals surface area contributed by atoms with Gasteiger partial charge in [-0.2, -0.15) is 0 Å². The van der Waals surface area contributed by atoms with Gasteiger partial charge in [-0.3, -0.25) is 4.79 Å². The normalized spacial score (nSPS) is 26.5. The van der Waals surface area contributed by atoms with E-state index in [-0.39, 0.29) is 11.3 Å². The van der Waals surface area contributed by atoms with Gasteiger partial charge in [-0.15, -0.1) is 11.3 Å². The highest BCUT2D eigenvalue weighted by Crippen LogP contribution is 2.56. The summed E-state index contributed by atoms with van der Waals surface area (Å²) in [5.41, 5.74) is 6.81. The average molecular weight is 341 g/mol. The molecule has 2 N–H and O–H groups in total. The van der Waals surface area contributed by atoms with Crippen LogP contribution in [0.25, 0.3) is 0 Å². The van der Waals surface area contributed by atoms with Crippen LogP contribution in [-0.4, -0.2) is 43.5 Å². The fourth-order valence-electron chi connectivity index (χ4n) is 3.90. The molecule has 4 nitrogen and oxygen atoms in total. The Morgan fingerprint density at radius 3 is 2.46 bits per heavy atom. The molecule has 4 rings (SSSR count). The van der Waals surface area contributed by atoms with Gasteiger partial charge in [0.2, 0.25) is 5.91 Å². The van der Waals surface area contributed by atoms with E-state index in [0.29, 0.717) is 12.5 Å². The third kappa shape index (κ3) is 2.52. The molecule has 1 amide bonds. The van der Waals surface area contributed by atoms with Gasteiger partial charge in [0.15, 0.2) is 0 Å². The van der Waals surface area contributed by atoms with E-state index in [9.17, 15) is 4.79 Å². The Labute approximate surface area is 146 Å². The molecule has 1 aliphatic carbocycles. The van der Waals surface area contributed by atoms with Crippen LogP contribution in [0.3, 0.4) is 0 Å². The number of nitrogens with two attached hydrogens (primary N) is 1. The molecule has 24 heavy (non-hydrogen) atoms. The molecule has 1 aromatic carbocycles. The largest absolute Gasteiger partial charge is 0.368 e. The maximum Gasteiger partial charge on any atom is 0.234 e. The lowest BCUT2D eigenvalue weighted by Gasteiger charge is -2.38. The van der Waals surface area contributed by atoms with Crippen LogP contribution in [0, 0.1) is 5.92 Å². The zero-order valence-corrected chi connectivity index (χ0v) is 14.5. The van der Waals surface area contributed by atoms with Crippen molar-refractivity contribution in [3.63, 3.8) is 0 Å². The van der Waals surface area contributed by atoms with E-state index < -0.39 is 0 Å². The lowest BCUT2D eigenvalue weighted by molar-refractivity contribution is -0.134. The van der Waals surface area contributed by atoms with Crippen molar-refractivity contribution in [3.05, 3.63) is 52.7 Å². The fourth-order valence-corrected chi connectivity index (χ4v) is 4.91. The van der Waals surface area contributed by atoms with Crippen molar-refractivity contribution in [1.82, 2.24) is 4.90 Å². The molecule has 2 aliphatic rings. The predicted molar refractivity (Wildman–Crippen MR) is 98.4 cm³/mol. The highest BCUT2D eigenvalue weighted by atomic mass is 32.1. The topological polar surface area (TPSA) is 49.6 Å². The molecule has 0 radical (unpaired) electrons. The molecule has 2 aromatic rings. The Morgan fingerprint density at radius 1 is 1.12 bits per heavy atom. The maximum atomic E-state index is 13.3. The Kier molecular flexibility index (Phi) is 4.06. The molecule has 2 heterocycles. The lowest BCUT2D eigenvalue weighted by Crippen LogP contribution is -2.52. The Hall–Kier alpha value is -1.85. The molecule has 2 atom stereocenters. The highest BCUT2D eigenvalue weighted by molar-refractivity contribution is 7.10. The minimum absolute atomic E-state index is 0.285. The van der Waals surface area contributed by atoms with Gasteiger partial charge in [-0.05, 0) is 42.5 Å². The molecular weight excluding hydrogens is 318 g/mol. The van der Waals surface area contributed by atoms with E-state index >= 15 is 0 Å². The van der Waals surface area contributed by atoms with Gasteiger partial charge in [-0.1, -0.05) is 24.3 Å². The number of nitrogens with zero attached hydrogens (tertiary/aromatic N) is 2. The number of anilines is 1. The van der Waals surface area contributed by atoms with Crippen LogP contribution in [0.1, 0.15) is 11.3 Å². The van der Waals surface area contributed by atoms with Crippen LogP contribution in [0.15, 0.2) is 47.8 Å². The van der Waals surface area contributed by atoms with Gasteiger partial charge in [-0.25, -0.2) is 0 Å². The smallest absolute Gasteiger partial charge is 0.234 e. The molecule has 126 valence electrons. The zero-order chi connectivity index (χ0) is 16.6. The molecule has 1 aliphatic heterocycles. The molecule has 0 bridgehead atoms. The van der Waals surface area contributed by atoms with Crippen molar-refractivity contribution >= 4 is 22.9 Å². The summed E-state index contributed by atoms with van der Waals surface area (Å²) < 4.78 is 0. The fraction of sp³-hybridized carbons (Fsp3) is 0.421. The maximum absolute atomic E-state index is 13.3. The summed E-state index contributed by atoms with van der Waals surface area (Å²) >= 11 is 1.69. The van der Waals surface area contributed by atoms with E-state index in [4.69, 9.17) is 5.73 Å². The van der Waals surface area contributed by atoms with Gasteiger partial charge in [0.25, 0.3) is 0 Å². The third-order valence-electron chi connectivity index (χ3n) is 5.42. The first-order valence-electron chi connectivity index (χ1n) is 8.59. The quantitative estimate of drug-likeness (QED) is 0.928. The minimum atomic E-state index is -0.335. The first-order chi connectivity index (χ1) is 11.8. The van der Waals surface area contributed by atoms with E-state index in [1.165, 1.54) is 10.6 Å². The van der Waals surface area contributed by atoms with Gasteiger partial charge in [0.05, 0.1) is 5.41 Å². The summed E-state index contributed by atoms with van der Waals surface area (Å²) in [6.45, 7) is 3.96. The standard InChI is InChI=1S/C19H23N3OS/c20-14-15-13-19(15,17-7-4-12-24-17)18(23)22-10-8-21(9-11-22)16-5-2-1-3-6-16/h1-7,12,15H,8-11,13-14,20H2/t15-,19?/m0/s1. The second kappa shape index (κ2) is 6.22. The molecule has 1 aromatic heterocycles. The monoisotopic (exact) mass is 341 g/mol. The molecule has 2 fully saturated rings. The Bertz CT molecular complexity index is 695. The van der Waals surface area contributed by atoms with Crippen LogP contribution in [-0.2, 0) is 10.2 Å². The van der Waals surface area contributed by atoms with Crippen molar-refractivity contribution < 1.29 is 4.79 Å².